The van der Waals surface area contributed by atoms with E-state index < -0.39 is 5.97 Å². The third-order valence-electron chi connectivity index (χ3n) is 2.90. The van der Waals surface area contributed by atoms with Gasteiger partial charge in [-0.2, -0.15) is 0 Å². The maximum atomic E-state index is 11.2. The second kappa shape index (κ2) is 3.84. The number of aromatic carboxylic acids is 1. The van der Waals surface area contributed by atoms with E-state index in [0.29, 0.717) is 43.5 Å². The first kappa shape index (κ1) is 10.3. The van der Waals surface area contributed by atoms with Gasteiger partial charge in [0.05, 0.1) is 19.8 Å². The highest BCUT2D eigenvalue weighted by Crippen LogP contribution is 2.46. The van der Waals surface area contributed by atoms with Crippen molar-refractivity contribution < 1.29 is 24.1 Å². The van der Waals surface area contributed by atoms with E-state index in [0.717, 1.165) is 12.0 Å². The molecule has 0 aliphatic carbocycles. The minimum Gasteiger partial charge on any atom is -0.489 e. The second-order valence-corrected chi connectivity index (χ2v) is 4.02. The Labute approximate surface area is 97.9 Å². The number of hydrogen-bond acceptors (Lipinski definition) is 4. The number of hydrogen-bond donors (Lipinski definition) is 1. The van der Waals surface area contributed by atoms with Crippen LogP contribution in [0.2, 0.25) is 0 Å². The van der Waals surface area contributed by atoms with E-state index in [2.05, 4.69) is 0 Å². The Bertz CT molecular complexity index is 480. The fourth-order valence-corrected chi connectivity index (χ4v) is 2.12. The highest BCUT2D eigenvalue weighted by atomic mass is 16.6. The number of ether oxygens (including phenoxy) is 3. The normalized spacial score (nSPS) is 16.9. The molecule has 0 unspecified atom stereocenters. The molecule has 17 heavy (non-hydrogen) atoms. The Morgan fingerprint density at radius 3 is 2.53 bits per heavy atom. The number of fused-ring (bicyclic) bond motifs is 3. The predicted molar refractivity (Wildman–Crippen MR) is 58.2 cm³/mol. The molecule has 0 saturated carbocycles. The van der Waals surface area contributed by atoms with E-state index in [1.807, 2.05) is 0 Å². The minimum absolute atomic E-state index is 0.158. The van der Waals surface area contributed by atoms with Crippen molar-refractivity contribution in [1.82, 2.24) is 0 Å². The van der Waals surface area contributed by atoms with Crippen LogP contribution in [0.25, 0.3) is 0 Å². The average molecular weight is 236 g/mol. The lowest BCUT2D eigenvalue weighted by Crippen LogP contribution is -2.04. The molecule has 0 radical (unpaired) electrons. The summed E-state index contributed by atoms with van der Waals surface area (Å²) in [5.74, 6) is 0.402. The van der Waals surface area contributed by atoms with Crippen LogP contribution in [0.1, 0.15) is 22.3 Å². The molecule has 2 aliphatic rings. The van der Waals surface area contributed by atoms with Gasteiger partial charge in [-0.3, -0.25) is 0 Å². The van der Waals surface area contributed by atoms with Crippen LogP contribution in [0, 0.1) is 0 Å². The van der Waals surface area contributed by atoms with E-state index in [1.165, 1.54) is 0 Å². The third kappa shape index (κ3) is 1.58. The number of carboxylic acids is 1. The van der Waals surface area contributed by atoms with Crippen molar-refractivity contribution in [2.24, 2.45) is 0 Å². The molecule has 0 bridgehead atoms. The molecule has 0 spiro atoms. The van der Waals surface area contributed by atoms with Crippen molar-refractivity contribution >= 4 is 5.97 Å². The summed E-state index contributed by atoms with van der Waals surface area (Å²) in [7, 11) is 0. The molecular formula is C12H12O5. The highest BCUT2D eigenvalue weighted by molar-refractivity contribution is 5.93. The molecule has 0 fully saturated rings. The number of carboxylic acid groups (broad SMARTS) is 1. The molecule has 0 atom stereocenters. The van der Waals surface area contributed by atoms with Crippen molar-refractivity contribution in [1.29, 1.82) is 0 Å². The lowest BCUT2D eigenvalue weighted by molar-refractivity contribution is 0.0692. The van der Waals surface area contributed by atoms with E-state index >= 15 is 0 Å². The molecule has 2 aliphatic heterocycles. The standard InChI is InChI=1S/C12H12O5/c13-12(14)8-6-7-2-5-17-9(7)11-10(8)15-3-1-4-16-11/h6H,1-5H2,(H,13,14). The van der Waals surface area contributed by atoms with Gasteiger partial charge in [0.15, 0.2) is 11.5 Å². The van der Waals surface area contributed by atoms with Gasteiger partial charge in [-0.1, -0.05) is 0 Å². The predicted octanol–water partition coefficient (Wildman–Crippen LogP) is 1.48. The SMILES string of the molecule is O=C(O)c1cc2c(c3c1OCCCO3)OCC2. The largest absolute Gasteiger partial charge is 0.489 e. The lowest BCUT2D eigenvalue weighted by atomic mass is 10.1. The van der Waals surface area contributed by atoms with Crippen LogP contribution in [0.5, 0.6) is 17.2 Å². The number of rotatable bonds is 1. The first-order valence-corrected chi connectivity index (χ1v) is 5.59. The zero-order chi connectivity index (χ0) is 11.8. The van der Waals surface area contributed by atoms with Crippen LogP contribution in [-0.2, 0) is 6.42 Å². The molecule has 1 aromatic rings. The van der Waals surface area contributed by atoms with Gasteiger partial charge < -0.3 is 19.3 Å². The van der Waals surface area contributed by atoms with E-state index in [-0.39, 0.29) is 5.56 Å². The maximum Gasteiger partial charge on any atom is 0.339 e. The van der Waals surface area contributed by atoms with Crippen molar-refractivity contribution in [3.8, 4) is 17.2 Å². The molecule has 90 valence electrons. The Balaban J connectivity index is 2.21. The van der Waals surface area contributed by atoms with E-state index in [1.54, 1.807) is 6.07 Å². The zero-order valence-corrected chi connectivity index (χ0v) is 9.19. The van der Waals surface area contributed by atoms with Gasteiger partial charge in [0.1, 0.15) is 5.56 Å². The van der Waals surface area contributed by atoms with Gasteiger partial charge >= 0.3 is 5.97 Å². The maximum absolute atomic E-state index is 11.2. The Morgan fingerprint density at radius 2 is 1.76 bits per heavy atom. The van der Waals surface area contributed by atoms with Gasteiger partial charge in [0.2, 0.25) is 5.75 Å². The summed E-state index contributed by atoms with van der Waals surface area (Å²) in [6.07, 6.45) is 1.45. The topological polar surface area (TPSA) is 65.0 Å². The zero-order valence-electron chi connectivity index (χ0n) is 9.19. The molecule has 3 rings (SSSR count). The van der Waals surface area contributed by atoms with Gasteiger partial charge in [0, 0.05) is 18.4 Å². The summed E-state index contributed by atoms with van der Waals surface area (Å²) in [6, 6.07) is 1.62. The average Bonchev–Trinajstić information content (AvgIpc) is 2.64. The summed E-state index contributed by atoms with van der Waals surface area (Å²) in [4.78, 5) is 11.2. The summed E-state index contributed by atoms with van der Waals surface area (Å²) < 4.78 is 16.5. The van der Waals surface area contributed by atoms with Crippen LogP contribution in [0.3, 0.4) is 0 Å². The molecule has 5 heteroatoms. The van der Waals surface area contributed by atoms with Gasteiger partial charge in [-0.05, 0) is 6.07 Å². The fraction of sp³-hybridized carbons (Fsp3) is 0.417. The van der Waals surface area contributed by atoms with Crippen LogP contribution >= 0.6 is 0 Å². The molecule has 0 saturated heterocycles. The molecular weight excluding hydrogens is 224 g/mol. The first-order valence-electron chi connectivity index (χ1n) is 5.59. The van der Waals surface area contributed by atoms with E-state index in [9.17, 15) is 9.90 Å². The fourth-order valence-electron chi connectivity index (χ4n) is 2.12. The minimum atomic E-state index is -0.999. The lowest BCUT2D eigenvalue weighted by Gasteiger charge is -2.13. The van der Waals surface area contributed by atoms with Crippen LogP contribution in [-0.4, -0.2) is 30.9 Å². The monoisotopic (exact) mass is 236 g/mol. The molecule has 1 N–H and O–H groups in total. The van der Waals surface area contributed by atoms with Crippen LogP contribution < -0.4 is 14.2 Å². The van der Waals surface area contributed by atoms with Crippen LogP contribution in [0.4, 0.5) is 0 Å². The second-order valence-electron chi connectivity index (χ2n) is 4.02. The molecule has 1 aromatic carbocycles. The smallest absolute Gasteiger partial charge is 0.339 e. The van der Waals surface area contributed by atoms with Crippen LogP contribution in [0.15, 0.2) is 6.07 Å². The number of carbonyl (C=O) groups is 1. The van der Waals surface area contributed by atoms with Crippen molar-refractivity contribution in [2.45, 2.75) is 12.8 Å². The first-order chi connectivity index (χ1) is 8.27. The summed E-state index contributed by atoms with van der Waals surface area (Å²) >= 11 is 0. The van der Waals surface area contributed by atoms with Crippen molar-refractivity contribution in [3.05, 3.63) is 17.2 Å². The van der Waals surface area contributed by atoms with Gasteiger partial charge in [-0.15, -0.1) is 0 Å². The Hall–Kier alpha value is -1.91. The molecule has 0 aromatic heterocycles. The van der Waals surface area contributed by atoms with Gasteiger partial charge in [-0.25, -0.2) is 4.79 Å². The van der Waals surface area contributed by atoms with Crippen molar-refractivity contribution in [2.75, 3.05) is 19.8 Å². The molecule has 5 nitrogen and oxygen atoms in total. The Morgan fingerprint density at radius 1 is 1.06 bits per heavy atom. The summed E-state index contributed by atoms with van der Waals surface area (Å²) in [6.45, 7) is 1.55. The summed E-state index contributed by atoms with van der Waals surface area (Å²) in [5.41, 5.74) is 1.04. The Kier molecular flexibility index (Phi) is 2.31. The van der Waals surface area contributed by atoms with Gasteiger partial charge in [0.25, 0.3) is 0 Å². The highest BCUT2D eigenvalue weighted by Gasteiger charge is 2.29. The number of benzene rings is 1. The summed E-state index contributed by atoms with van der Waals surface area (Å²) in [5, 5.41) is 9.19. The van der Waals surface area contributed by atoms with Crippen molar-refractivity contribution in [3.63, 3.8) is 0 Å². The third-order valence-corrected chi connectivity index (χ3v) is 2.90. The quantitative estimate of drug-likeness (QED) is 0.800. The molecule has 2 heterocycles. The molecule has 0 amide bonds. The van der Waals surface area contributed by atoms with E-state index in [4.69, 9.17) is 14.2 Å².